The van der Waals surface area contributed by atoms with Gasteiger partial charge in [-0.25, -0.2) is 0 Å². The van der Waals surface area contributed by atoms with E-state index in [1.807, 2.05) is 12.1 Å². The number of hydrogen-bond acceptors (Lipinski definition) is 2. The van der Waals surface area contributed by atoms with Crippen molar-refractivity contribution in [3.05, 3.63) is 29.8 Å². The minimum atomic E-state index is -1.00. The van der Waals surface area contributed by atoms with Crippen molar-refractivity contribution in [1.82, 2.24) is 0 Å². The zero-order valence-electron chi connectivity index (χ0n) is 6.28. The summed E-state index contributed by atoms with van der Waals surface area (Å²) in [7, 11) is -1.00. The van der Waals surface area contributed by atoms with E-state index in [-0.39, 0.29) is 6.61 Å². The van der Waals surface area contributed by atoms with Crippen molar-refractivity contribution in [2.75, 3.05) is 6.26 Å². The molecule has 3 heteroatoms. The summed E-state index contributed by atoms with van der Waals surface area (Å²) in [4.78, 5) is 0.718. The van der Waals surface area contributed by atoms with E-state index < -0.39 is 10.8 Å². The number of rotatable bonds is 2. The molecule has 1 aromatic carbocycles. The van der Waals surface area contributed by atoms with E-state index in [4.69, 9.17) is 5.11 Å². The zero-order valence-corrected chi connectivity index (χ0v) is 7.10. The lowest BCUT2D eigenvalue weighted by Crippen LogP contribution is -1.94. The molecule has 11 heavy (non-hydrogen) atoms. The van der Waals surface area contributed by atoms with Gasteiger partial charge in [0, 0.05) is 11.2 Å². The fourth-order valence-corrected chi connectivity index (χ4v) is 1.69. The molecule has 0 aromatic heterocycles. The van der Waals surface area contributed by atoms with Gasteiger partial charge in [0.1, 0.15) is 0 Å². The summed E-state index contributed by atoms with van der Waals surface area (Å²) in [6, 6.07) is 7.18. The highest BCUT2D eigenvalue weighted by atomic mass is 32.2. The van der Waals surface area contributed by atoms with Crippen LogP contribution in [0.15, 0.2) is 29.2 Å². The summed E-state index contributed by atoms with van der Waals surface area (Å²) in [5.41, 5.74) is 0.744. The Morgan fingerprint density at radius 3 is 2.55 bits per heavy atom. The van der Waals surface area contributed by atoms with Gasteiger partial charge in [0.25, 0.3) is 0 Å². The van der Waals surface area contributed by atoms with Gasteiger partial charge >= 0.3 is 0 Å². The second kappa shape index (κ2) is 3.64. The Labute approximate surface area is 68.3 Å². The minimum absolute atomic E-state index is 0.0459. The van der Waals surface area contributed by atoms with Crippen LogP contribution in [0.3, 0.4) is 0 Å². The molecule has 0 amide bonds. The largest absolute Gasteiger partial charge is 0.392 e. The van der Waals surface area contributed by atoms with Gasteiger partial charge in [-0.3, -0.25) is 4.21 Å². The third-order valence-corrected chi connectivity index (χ3v) is 2.47. The van der Waals surface area contributed by atoms with Gasteiger partial charge < -0.3 is 5.11 Å². The van der Waals surface area contributed by atoms with Crippen LogP contribution >= 0.6 is 0 Å². The molecule has 2 nitrogen and oxygen atoms in total. The van der Waals surface area contributed by atoms with Gasteiger partial charge in [-0.1, -0.05) is 18.2 Å². The Balaban J connectivity index is 3.12. The van der Waals surface area contributed by atoms with E-state index in [9.17, 15) is 4.21 Å². The first-order chi connectivity index (χ1) is 5.25. The summed E-state index contributed by atoms with van der Waals surface area (Å²) >= 11 is 0. The first-order valence-corrected chi connectivity index (χ1v) is 4.83. The maximum absolute atomic E-state index is 11.0. The lowest BCUT2D eigenvalue weighted by atomic mass is 10.2. The molecule has 0 saturated heterocycles. The van der Waals surface area contributed by atoms with Gasteiger partial charge in [-0.2, -0.15) is 0 Å². The second-order valence-corrected chi connectivity index (χ2v) is 3.57. The second-order valence-electron chi connectivity index (χ2n) is 2.22. The van der Waals surface area contributed by atoms with Crippen molar-refractivity contribution >= 4 is 10.8 Å². The van der Waals surface area contributed by atoms with Gasteiger partial charge in [0.15, 0.2) is 0 Å². The molecular formula is C8H10O2S. The molecular weight excluding hydrogens is 160 g/mol. The predicted molar refractivity (Wildman–Crippen MR) is 44.7 cm³/mol. The summed E-state index contributed by atoms with van der Waals surface area (Å²) in [6.45, 7) is -0.0459. The average Bonchev–Trinajstić information content (AvgIpc) is 2.04. The quantitative estimate of drug-likeness (QED) is 0.716. The van der Waals surface area contributed by atoms with Gasteiger partial charge in [0.2, 0.25) is 0 Å². The van der Waals surface area contributed by atoms with Crippen LogP contribution in [-0.2, 0) is 17.4 Å². The van der Waals surface area contributed by atoms with E-state index in [1.54, 1.807) is 18.4 Å². The molecule has 0 saturated carbocycles. The number of benzene rings is 1. The van der Waals surface area contributed by atoms with E-state index in [0.29, 0.717) is 0 Å². The van der Waals surface area contributed by atoms with Crippen molar-refractivity contribution in [2.24, 2.45) is 0 Å². The van der Waals surface area contributed by atoms with Crippen molar-refractivity contribution in [3.63, 3.8) is 0 Å². The summed E-state index contributed by atoms with van der Waals surface area (Å²) in [6.07, 6.45) is 1.61. The summed E-state index contributed by atoms with van der Waals surface area (Å²) in [5, 5.41) is 8.83. The van der Waals surface area contributed by atoms with Crippen molar-refractivity contribution < 1.29 is 9.32 Å². The molecule has 1 rings (SSSR count). The molecule has 0 fully saturated rings. The highest BCUT2D eigenvalue weighted by Crippen LogP contribution is 2.11. The molecule has 0 radical (unpaired) electrons. The van der Waals surface area contributed by atoms with E-state index in [1.165, 1.54) is 0 Å². The molecule has 60 valence electrons. The van der Waals surface area contributed by atoms with Crippen LogP contribution in [0.25, 0.3) is 0 Å². The third-order valence-electron chi connectivity index (χ3n) is 1.45. The van der Waals surface area contributed by atoms with Crippen LogP contribution in [-0.4, -0.2) is 15.6 Å². The molecule has 1 aromatic rings. The molecule has 0 aliphatic carbocycles. The van der Waals surface area contributed by atoms with Crippen LogP contribution in [0.4, 0.5) is 0 Å². The molecule has 0 bridgehead atoms. The summed E-state index contributed by atoms with van der Waals surface area (Å²) < 4.78 is 11.0. The monoisotopic (exact) mass is 170 g/mol. The smallest absolute Gasteiger partial charge is 0.0693 e. The topological polar surface area (TPSA) is 37.3 Å². The van der Waals surface area contributed by atoms with Crippen LogP contribution in [0.1, 0.15) is 5.56 Å². The SMILES string of the molecule is CS(=O)c1ccccc1CO. The standard InChI is InChI=1S/C8H10O2S/c1-11(10)8-5-3-2-4-7(8)6-9/h2-5,9H,6H2,1H3. The number of hydrogen-bond donors (Lipinski definition) is 1. The first-order valence-electron chi connectivity index (χ1n) is 3.28. The third kappa shape index (κ3) is 1.88. The van der Waals surface area contributed by atoms with Gasteiger partial charge in [-0.05, 0) is 11.6 Å². The lowest BCUT2D eigenvalue weighted by Gasteiger charge is -2.01. The molecule has 0 spiro atoms. The Kier molecular flexibility index (Phi) is 2.79. The van der Waals surface area contributed by atoms with Crippen LogP contribution in [0.2, 0.25) is 0 Å². The van der Waals surface area contributed by atoms with Crippen LogP contribution < -0.4 is 0 Å². The van der Waals surface area contributed by atoms with Crippen molar-refractivity contribution in [1.29, 1.82) is 0 Å². The first kappa shape index (κ1) is 8.43. The van der Waals surface area contributed by atoms with Gasteiger partial charge in [-0.15, -0.1) is 0 Å². The normalized spacial score (nSPS) is 12.9. The average molecular weight is 170 g/mol. The van der Waals surface area contributed by atoms with Crippen molar-refractivity contribution in [2.45, 2.75) is 11.5 Å². The molecule has 0 aliphatic rings. The Bertz CT molecular complexity index is 271. The Hall–Kier alpha value is -0.670. The summed E-state index contributed by atoms with van der Waals surface area (Å²) in [5.74, 6) is 0. The highest BCUT2D eigenvalue weighted by Gasteiger charge is 2.02. The minimum Gasteiger partial charge on any atom is -0.392 e. The Morgan fingerprint density at radius 2 is 2.09 bits per heavy atom. The fourth-order valence-electron chi connectivity index (χ4n) is 0.915. The fraction of sp³-hybridized carbons (Fsp3) is 0.250. The Morgan fingerprint density at radius 1 is 1.45 bits per heavy atom. The maximum Gasteiger partial charge on any atom is 0.0693 e. The van der Waals surface area contributed by atoms with Crippen LogP contribution in [0, 0.1) is 0 Å². The molecule has 1 atom stereocenters. The van der Waals surface area contributed by atoms with Crippen LogP contribution in [0.5, 0.6) is 0 Å². The van der Waals surface area contributed by atoms with E-state index in [2.05, 4.69) is 0 Å². The maximum atomic E-state index is 11.0. The van der Waals surface area contributed by atoms with E-state index >= 15 is 0 Å². The zero-order chi connectivity index (χ0) is 8.27. The van der Waals surface area contributed by atoms with E-state index in [0.717, 1.165) is 10.5 Å². The molecule has 1 N–H and O–H groups in total. The molecule has 0 aliphatic heterocycles. The number of aliphatic hydroxyl groups excluding tert-OH is 1. The van der Waals surface area contributed by atoms with Gasteiger partial charge in [0.05, 0.1) is 17.4 Å². The predicted octanol–water partition coefficient (Wildman–Crippen LogP) is 0.916. The van der Waals surface area contributed by atoms with Crippen molar-refractivity contribution in [3.8, 4) is 0 Å². The lowest BCUT2D eigenvalue weighted by molar-refractivity contribution is 0.279. The highest BCUT2D eigenvalue weighted by molar-refractivity contribution is 7.84. The molecule has 1 unspecified atom stereocenters. The number of aliphatic hydroxyl groups is 1. The molecule has 0 heterocycles.